The molecule has 2 aliphatic rings. The fourth-order valence-electron chi connectivity index (χ4n) is 3.18. The number of nitrogens with one attached hydrogen (secondary N) is 2. The summed E-state index contributed by atoms with van der Waals surface area (Å²) in [6, 6.07) is -0.881. The lowest BCUT2D eigenvalue weighted by molar-refractivity contribution is -0.158. The number of halogens is 4. The Balaban J connectivity index is 0.00000288. The molecule has 2 saturated heterocycles. The number of alkyl halides is 3. The van der Waals surface area contributed by atoms with Crippen LogP contribution in [0.15, 0.2) is 0 Å². The van der Waals surface area contributed by atoms with E-state index in [2.05, 4.69) is 10.6 Å². The number of hydrogen-bond acceptors (Lipinski definition) is 4. The van der Waals surface area contributed by atoms with Crippen LogP contribution in [-0.4, -0.2) is 68.8 Å². The number of methoxy groups -OCH3 is 1. The Bertz CT molecular complexity index is 451. The summed E-state index contributed by atoms with van der Waals surface area (Å²) in [5, 5.41) is 5.79. The van der Waals surface area contributed by atoms with Crippen molar-refractivity contribution < 1.29 is 27.5 Å². The molecule has 0 saturated carbocycles. The lowest BCUT2D eigenvalue weighted by Gasteiger charge is -2.36. The van der Waals surface area contributed by atoms with Gasteiger partial charge < -0.3 is 20.3 Å². The van der Waals surface area contributed by atoms with Crippen LogP contribution in [-0.2, 0) is 14.3 Å². The predicted octanol–water partition coefficient (Wildman–Crippen LogP) is 0.704. The van der Waals surface area contributed by atoms with Gasteiger partial charge in [0.05, 0.1) is 12.0 Å². The highest BCUT2D eigenvalue weighted by Gasteiger charge is 2.44. The van der Waals surface area contributed by atoms with Gasteiger partial charge in [-0.1, -0.05) is 0 Å². The maximum Gasteiger partial charge on any atom is 0.406 e. The zero-order valence-corrected chi connectivity index (χ0v) is 14.3. The summed E-state index contributed by atoms with van der Waals surface area (Å²) in [6.45, 7) is 0.284. The van der Waals surface area contributed by atoms with Crippen molar-refractivity contribution in [1.29, 1.82) is 0 Å². The molecule has 6 nitrogen and oxygen atoms in total. The minimum atomic E-state index is -4.43. The Morgan fingerprint density at radius 1 is 1.42 bits per heavy atom. The van der Waals surface area contributed by atoms with Crippen LogP contribution in [0.4, 0.5) is 13.2 Å². The molecule has 2 aliphatic heterocycles. The first kappa shape index (κ1) is 21.0. The smallest absolute Gasteiger partial charge is 0.384 e. The number of amides is 2. The average Bonchev–Trinajstić information content (AvgIpc) is 2.80. The fraction of sp³-hybridized carbons (Fsp3) is 0.857. The molecular formula is C14H23ClF3N3O3. The summed E-state index contributed by atoms with van der Waals surface area (Å²) in [5.74, 6) is -0.981. The van der Waals surface area contributed by atoms with E-state index in [1.165, 1.54) is 7.11 Å². The SMILES string of the molecule is COCC1(C(=O)NC2CCN(CC(F)(F)F)C2=O)CCNCC1.Cl. The van der Waals surface area contributed by atoms with Crippen molar-refractivity contribution in [3.63, 3.8) is 0 Å². The molecule has 2 fully saturated rings. The van der Waals surface area contributed by atoms with E-state index in [4.69, 9.17) is 4.74 Å². The van der Waals surface area contributed by atoms with E-state index in [0.717, 1.165) is 4.90 Å². The monoisotopic (exact) mass is 373 g/mol. The molecular weight excluding hydrogens is 351 g/mol. The van der Waals surface area contributed by atoms with Gasteiger partial charge in [0.1, 0.15) is 12.6 Å². The van der Waals surface area contributed by atoms with Crippen LogP contribution in [0.2, 0.25) is 0 Å². The van der Waals surface area contributed by atoms with Gasteiger partial charge in [0.25, 0.3) is 0 Å². The minimum Gasteiger partial charge on any atom is -0.384 e. The van der Waals surface area contributed by atoms with Crippen molar-refractivity contribution in [1.82, 2.24) is 15.5 Å². The predicted molar refractivity (Wildman–Crippen MR) is 82.8 cm³/mol. The molecule has 0 aromatic carbocycles. The highest BCUT2D eigenvalue weighted by atomic mass is 35.5. The van der Waals surface area contributed by atoms with E-state index in [1.807, 2.05) is 0 Å². The first-order chi connectivity index (χ1) is 10.8. The molecule has 0 aromatic rings. The Morgan fingerprint density at radius 3 is 2.58 bits per heavy atom. The van der Waals surface area contributed by atoms with Crippen LogP contribution < -0.4 is 10.6 Å². The van der Waals surface area contributed by atoms with Gasteiger partial charge in [0, 0.05) is 13.7 Å². The number of carbonyl (C=O) groups excluding carboxylic acids is 2. The van der Waals surface area contributed by atoms with Crippen molar-refractivity contribution in [2.45, 2.75) is 31.5 Å². The molecule has 1 atom stereocenters. The second-order valence-electron chi connectivity index (χ2n) is 6.15. The first-order valence-corrected chi connectivity index (χ1v) is 7.64. The van der Waals surface area contributed by atoms with Crippen LogP contribution in [0.1, 0.15) is 19.3 Å². The molecule has 0 aromatic heterocycles. The third-order valence-electron chi connectivity index (χ3n) is 4.44. The third-order valence-corrected chi connectivity index (χ3v) is 4.44. The van der Waals surface area contributed by atoms with Crippen molar-refractivity contribution in [2.75, 3.05) is 39.9 Å². The average molecular weight is 374 g/mol. The third kappa shape index (κ3) is 4.97. The number of piperidine rings is 1. The van der Waals surface area contributed by atoms with Crippen LogP contribution in [0.3, 0.4) is 0 Å². The summed E-state index contributed by atoms with van der Waals surface area (Å²) in [7, 11) is 1.50. The first-order valence-electron chi connectivity index (χ1n) is 7.64. The van der Waals surface area contributed by atoms with Crippen molar-refractivity contribution in [3.05, 3.63) is 0 Å². The molecule has 0 aliphatic carbocycles. The Labute approximate surface area is 144 Å². The van der Waals surface area contributed by atoms with E-state index < -0.39 is 30.1 Å². The molecule has 0 spiro atoms. The largest absolute Gasteiger partial charge is 0.406 e. The normalized spacial score (nSPS) is 23.8. The minimum absolute atomic E-state index is 0. The topological polar surface area (TPSA) is 70.7 Å². The van der Waals surface area contributed by atoms with E-state index in [-0.39, 0.29) is 37.9 Å². The summed E-state index contributed by atoms with van der Waals surface area (Å²) in [6.07, 6.45) is -3.09. The van der Waals surface area contributed by atoms with E-state index in [1.54, 1.807) is 0 Å². The van der Waals surface area contributed by atoms with Gasteiger partial charge in [-0.25, -0.2) is 0 Å². The number of rotatable bonds is 5. The van der Waals surface area contributed by atoms with Crippen LogP contribution in [0, 0.1) is 5.41 Å². The van der Waals surface area contributed by atoms with Gasteiger partial charge in [-0.2, -0.15) is 13.2 Å². The van der Waals surface area contributed by atoms with Gasteiger partial charge in [-0.05, 0) is 32.4 Å². The molecule has 140 valence electrons. The molecule has 0 bridgehead atoms. The van der Waals surface area contributed by atoms with E-state index in [9.17, 15) is 22.8 Å². The second kappa shape index (κ2) is 8.35. The van der Waals surface area contributed by atoms with Gasteiger partial charge in [-0.15, -0.1) is 12.4 Å². The molecule has 2 heterocycles. The number of nitrogens with zero attached hydrogens (tertiary/aromatic N) is 1. The zero-order valence-electron chi connectivity index (χ0n) is 13.4. The van der Waals surface area contributed by atoms with E-state index >= 15 is 0 Å². The second-order valence-corrected chi connectivity index (χ2v) is 6.15. The highest BCUT2D eigenvalue weighted by Crippen LogP contribution is 2.30. The van der Waals surface area contributed by atoms with Crippen molar-refractivity contribution in [3.8, 4) is 0 Å². The maximum atomic E-state index is 12.6. The van der Waals surface area contributed by atoms with Gasteiger partial charge >= 0.3 is 6.18 Å². The molecule has 2 N–H and O–H groups in total. The Kier molecular flexibility index (Phi) is 7.30. The number of hydrogen-bond donors (Lipinski definition) is 2. The lowest BCUT2D eigenvalue weighted by Crippen LogP contribution is -2.54. The summed E-state index contributed by atoms with van der Waals surface area (Å²) >= 11 is 0. The van der Waals surface area contributed by atoms with Crippen LogP contribution >= 0.6 is 12.4 Å². The Morgan fingerprint density at radius 2 is 2.04 bits per heavy atom. The fourth-order valence-corrected chi connectivity index (χ4v) is 3.18. The highest BCUT2D eigenvalue weighted by molar-refractivity contribution is 5.91. The van der Waals surface area contributed by atoms with Crippen LogP contribution in [0.5, 0.6) is 0 Å². The number of ether oxygens (including phenoxy) is 1. The van der Waals surface area contributed by atoms with Gasteiger partial charge in [-0.3, -0.25) is 9.59 Å². The Hall–Kier alpha value is -1.06. The summed E-state index contributed by atoms with van der Waals surface area (Å²) < 4.78 is 42.4. The van der Waals surface area contributed by atoms with E-state index in [0.29, 0.717) is 25.9 Å². The standard InChI is InChI=1S/C14H22F3N3O3.ClH/c1-23-9-13(3-5-18-6-4-13)12(22)19-10-2-7-20(11(10)21)8-14(15,16)17;/h10,18H,2-9H2,1H3,(H,19,22);1H. The summed E-state index contributed by atoms with van der Waals surface area (Å²) in [4.78, 5) is 25.4. The maximum absolute atomic E-state index is 12.6. The van der Waals surface area contributed by atoms with Crippen molar-refractivity contribution >= 4 is 24.2 Å². The molecule has 1 unspecified atom stereocenters. The molecule has 0 radical (unpaired) electrons. The molecule has 2 amide bonds. The van der Waals surface area contributed by atoms with Crippen LogP contribution in [0.25, 0.3) is 0 Å². The van der Waals surface area contributed by atoms with Crippen molar-refractivity contribution in [2.24, 2.45) is 5.41 Å². The molecule has 2 rings (SSSR count). The molecule has 24 heavy (non-hydrogen) atoms. The quantitative estimate of drug-likeness (QED) is 0.744. The number of likely N-dealkylation sites (tertiary alicyclic amines) is 1. The zero-order chi connectivity index (χ0) is 17.1. The number of carbonyl (C=O) groups is 2. The summed E-state index contributed by atoms with van der Waals surface area (Å²) in [5.41, 5.74) is -0.724. The molecule has 10 heteroatoms. The lowest BCUT2D eigenvalue weighted by atomic mass is 9.78. The van der Waals surface area contributed by atoms with Gasteiger partial charge in [0.2, 0.25) is 11.8 Å². The van der Waals surface area contributed by atoms with Gasteiger partial charge in [0.15, 0.2) is 0 Å².